The molecule has 1 N–H and O–H groups in total. The van der Waals surface area contributed by atoms with E-state index in [9.17, 15) is 5.11 Å². The number of hydrogen-bond acceptors (Lipinski definition) is 6. The predicted molar refractivity (Wildman–Crippen MR) is 151 cm³/mol. The van der Waals surface area contributed by atoms with E-state index in [1.54, 1.807) is 0 Å². The van der Waals surface area contributed by atoms with Crippen molar-refractivity contribution in [3.8, 4) is 0 Å². The molecule has 3 fully saturated rings. The SMILES string of the molecule is C=C/C(=C\C)n1nc(C2CCC2)c2c(N3CCC(CCN4CCC(C)CC4)CC3)cc(C(O)OC)nc21. The summed E-state index contributed by atoms with van der Waals surface area (Å²) in [4.78, 5) is 10.1. The van der Waals surface area contributed by atoms with Gasteiger partial charge < -0.3 is 19.6 Å². The van der Waals surface area contributed by atoms with Crippen LogP contribution in [0.15, 0.2) is 24.8 Å². The normalized spacial score (nSPS) is 21.9. The Labute approximate surface area is 222 Å². The maximum absolute atomic E-state index is 10.6. The first-order chi connectivity index (χ1) is 18.0. The molecule has 0 spiro atoms. The zero-order chi connectivity index (χ0) is 25.9. The Morgan fingerprint density at radius 2 is 1.89 bits per heavy atom. The van der Waals surface area contributed by atoms with Crippen molar-refractivity contribution in [3.63, 3.8) is 0 Å². The molecule has 3 aliphatic rings. The van der Waals surface area contributed by atoms with E-state index < -0.39 is 6.29 Å². The maximum Gasteiger partial charge on any atom is 0.198 e. The van der Waals surface area contributed by atoms with Crippen molar-refractivity contribution in [3.05, 3.63) is 36.2 Å². The number of ether oxygens (including phenoxy) is 1. The number of likely N-dealkylation sites (tertiary alicyclic amines) is 1. The highest BCUT2D eigenvalue weighted by atomic mass is 16.6. The number of methoxy groups -OCH3 is 1. The van der Waals surface area contributed by atoms with E-state index in [1.165, 1.54) is 78.1 Å². The van der Waals surface area contributed by atoms with Crippen LogP contribution in [0.3, 0.4) is 0 Å². The number of aliphatic hydroxyl groups excluding tert-OH is 1. The van der Waals surface area contributed by atoms with E-state index in [-0.39, 0.29) is 0 Å². The van der Waals surface area contributed by atoms with Crippen LogP contribution in [0.2, 0.25) is 0 Å². The summed E-state index contributed by atoms with van der Waals surface area (Å²) in [6.45, 7) is 14.2. The Bertz CT molecular complexity index is 1100. The monoisotopic (exact) mass is 507 g/mol. The Balaban J connectivity index is 1.41. The van der Waals surface area contributed by atoms with Gasteiger partial charge in [0.2, 0.25) is 0 Å². The van der Waals surface area contributed by atoms with Gasteiger partial charge in [-0.3, -0.25) is 0 Å². The summed E-state index contributed by atoms with van der Waals surface area (Å²) in [5.41, 5.74) is 4.52. The molecule has 0 amide bonds. The van der Waals surface area contributed by atoms with Gasteiger partial charge in [0.25, 0.3) is 0 Å². The van der Waals surface area contributed by atoms with Crippen molar-refractivity contribution in [2.45, 2.75) is 77.4 Å². The Morgan fingerprint density at radius 3 is 2.49 bits per heavy atom. The fourth-order valence-electron chi connectivity index (χ4n) is 6.23. The van der Waals surface area contributed by atoms with Gasteiger partial charge in [-0.25, -0.2) is 9.67 Å². The number of rotatable bonds is 9. The summed E-state index contributed by atoms with van der Waals surface area (Å²) < 4.78 is 7.20. The topological polar surface area (TPSA) is 66.7 Å². The molecule has 1 saturated carbocycles. The first-order valence-electron chi connectivity index (χ1n) is 14.4. The van der Waals surface area contributed by atoms with E-state index in [0.717, 1.165) is 53.0 Å². The maximum atomic E-state index is 10.6. The molecule has 5 rings (SSSR count). The molecule has 7 nitrogen and oxygen atoms in total. The second-order valence-corrected chi connectivity index (χ2v) is 11.4. The molecule has 202 valence electrons. The minimum absolute atomic E-state index is 0.468. The first-order valence-corrected chi connectivity index (χ1v) is 14.4. The van der Waals surface area contributed by atoms with Crippen LogP contribution in [0.25, 0.3) is 16.7 Å². The van der Waals surface area contributed by atoms with Gasteiger partial charge in [-0.15, -0.1) is 0 Å². The van der Waals surface area contributed by atoms with Gasteiger partial charge in [-0.05, 0) is 95.5 Å². The molecule has 4 heterocycles. The average Bonchev–Trinajstić information content (AvgIpc) is 3.26. The molecule has 2 saturated heterocycles. The molecule has 2 aromatic heterocycles. The van der Waals surface area contributed by atoms with Gasteiger partial charge in [0.05, 0.1) is 22.5 Å². The van der Waals surface area contributed by atoms with Gasteiger partial charge in [0, 0.05) is 26.1 Å². The highest BCUT2D eigenvalue weighted by molar-refractivity contribution is 5.95. The van der Waals surface area contributed by atoms with Crippen molar-refractivity contribution in [2.24, 2.45) is 11.8 Å². The summed E-state index contributed by atoms with van der Waals surface area (Å²) >= 11 is 0. The quantitative estimate of drug-likeness (QED) is 0.346. The Hall–Kier alpha value is -2.22. The molecule has 0 bridgehead atoms. The van der Waals surface area contributed by atoms with E-state index in [4.69, 9.17) is 14.8 Å². The van der Waals surface area contributed by atoms with Gasteiger partial charge in [-0.1, -0.05) is 26.0 Å². The van der Waals surface area contributed by atoms with Crippen LogP contribution < -0.4 is 4.90 Å². The zero-order valence-corrected chi connectivity index (χ0v) is 23.0. The second-order valence-electron chi connectivity index (χ2n) is 11.4. The van der Waals surface area contributed by atoms with Crippen LogP contribution in [0.1, 0.15) is 88.8 Å². The molecule has 1 atom stereocenters. The van der Waals surface area contributed by atoms with Crippen LogP contribution in [0.5, 0.6) is 0 Å². The summed E-state index contributed by atoms with van der Waals surface area (Å²) in [6, 6.07) is 2.04. The Kier molecular flexibility index (Phi) is 8.32. The van der Waals surface area contributed by atoms with Crippen molar-refractivity contribution in [1.29, 1.82) is 0 Å². The van der Waals surface area contributed by atoms with Gasteiger partial charge >= 0.3 is 0 Å². The number of pyridine rings is 1. The van der Waals surface area contributed by atoms with Crippen LogP contribution >= 0.6 is 0 Å². The standard InChI is InChI=1S/C30H45N5O2/c1-5-24(6-2)35-29-27(28(32-35)23-8-7-9-23)26(20-25(31-29)30(36)37-4)34-18-13-22(14-19-34)12-17-33-15-10-21(3)11-16-33/h5-6,20-23,30,36H,1,7-19H2,2-4H3/b24-6+. The highest BCUT2D eigenvalue weighted by Gasteiger charge is 2.31. The van der Waals surface area contributed by atoms with E-state index in [1.807, 2.05) is 29.8 Å². The second kappa shape index (κ2) is 11.7. The number of piperidine rings is 2. The largest absolute Gasteiger partial charge is 0.371 e. The number of aromatic nitrogens is 3. The van der Waals surface area contributed by atoms with Gasteiger partial charge in [0.15, 0.2) is 11.9 Å². The average molecular weight is 508 g/mol. The van der Waals surface area contributed by atoms with Crippen molar-refractivity contribution < 1.29 is 9.84 Å². The third-order valence-corrected chi connectivity index (χ3v) is 9.07. The number of fused-ring (bicyclic) bond motifs is 1. The van der Waals surface area contributed by atoms with Crippen molar-refractivity contribution in [1.82, 2.24) is 19.7 Å². The summed E-state index contributed by atoms with van der Waals surface area (Å²) in [5.74, 6) is 2.14. The predicted octanol–water partition coefficient (Wildman–Crippen LogP) is 5.72. The highest BCUT2D eigenvalue weighted by Crippen LogP contribution is 2.43. The molecular formula is C30H45N5O2. The Morgan fingerprint density at radius 1 is 1.16 bits per heavy atom. The minimum atomic E-state index is -1.07. The fraction of sp³-hybridized carbons (Fsp3) is 0.667. The molecule has 1 aliphatic carbocycles. The molecule has 0 aromatic carbocycles. The van der Waals surface area contributed by atoms with Crippen LogP contribution in [0, 0.1) is 11.8 Å². The number of anilines is 1. The molecule has 0 radical (unpaired) electrons. The third kappa shape index (κ3) is 5.50. The van der Waals surface area contributed by atoms with Crippen molar-refractivity contribution in [2.75, 3.05) is 44.7 Å². The van der Waals surface area contributed by atoms with Crippen LogP contribution in [-0.2, 0) is 4.74 Å². The van der Waals surface area contributed by atoms with E-state index >= 15 is 0 Å². The number of hydrogen-bond donors (Lipinski definition) is 1. The molecule has 7 heteroatoms. The molecule has 2 aliphatic heterocycles. The summed E-state index contributed by atoms with van der Waals surface area (Å²) in [7, 11) is 1.52. The number of aliphatic hydroxyl groups is 1. The van der Waals surface area contributed by atoms with E-state index in [0.29, 0.717) is 11.6 Å². The number of nitrogens with zero attached hydrogens (tertiary/aromatic N) is 5. The minimum Gasteiger partial charge on any atom is -0.371 e. The molecular weight excluding hydrogens is 462 g/mol. The summed E-state index contributed by atoms with van der Waals surface area (Å²) in [5, 5.41) is 16.8. The third-order valence-electron chi connectivity index (χ3n) is 9.07. The lowest BCUT2D eigenvalue weighted by Crippen LogP contribution is -2.37. The number of allylic oxidation sites excluding steroid dienone is 3. The lowest BCUT2D eigenvalue weighted by molar-refractivity contribution is -0.0796. The lowest BCUT2D eigenvalue weighted by Gasteiger charge is -2.36. The lowest BCUT2D eigenvalue weighted by atomic mass is 9.81. The molecule has 2 aromatic rings. The smallest absolute Gasteiger partial charge is 0.198 e. The first kappa shape index (κ1) is 26.4. The van der Waals surface area contributed by atoms with E-state index in [2.05, 4.69) is 23.3 Å². The van der Waals surface area contributed by atoms with Crippen molar-refractivity contribution >= 4 is 22.4 Å². The van der Waals surface area contributed by atoms with Crippen LogP contribution in [-0.4, -0.2) is 64.6 Å². The molecule has 37 heavy (non-hydrogen) atoms. The zero-order valence-electron chi connectivity index (χ0n) is 23.0. The summed E-state index contributed by atoms with van der Waals surface area (Å²) in [6.07, 6.45) is 12.8. The van der Waals surface area contributed by atoms with Gasteiger partial charge in [-0.2, -0.15) is 5.10 Å². The van der Waals surface area contributed by atoms with Crippen LogP contribution in [0.4, 0.5) is 5.69 Å². The molecule has 1 unspecified atom stereocenters. The van der Waals surface area contributed by atoms with Gasteiger partial charge in [0.1, 0.15) is 5.69 Å². The fourth-order valence-corrected chi connectivity index (χ4v) is 6.23.